The van der Waals surface area contributed by atoms with Gasteiger partial charge in [0.25, 0.3) is 5.91 Å². The molecule has 0 unspecified atom stereocenters. The molecule has 1 fully saturated rings. The van der Waals surface area contributed by atoms with Crippen molar-refractivity contribution < 1.29 is 13.9 Å². The second-order valence-electron chi connectivity index (χ2n) is 7.35. The SMILES string of the molecule is COc1ccccc1NC(=O)c1nc(N2CCCCC2)c2oc3ccccc3c2n1. The van der Waals surface area contributed by atoms with Crippen molar-refractivity contribution in [1.82, 2.24) is 9.97 Å². The number of hydrogen-bond acceptors (Lipinski definition) is 6. The summed E-state index contributed by atoms with van der Waals surface area (Å²) in [6, 6.07) is 15.0. The van der Waals surface area contributed by atoms with Crippen LogP contribution in [-0.4, -0.2) is 36.1 Å². The largest absolute Gasteiger partial charge is 0.495 e. The normalized spacial score (nSPS) is 14.2. The Morgan fingerprint density at radius 3 is 2.63 bits per heavy atom. The minimum atomic E-state index is -0.384. The number of carbonyl (C=O) groups excluding carboxylic acids is 1. The topological polar surface area (TPSA) is 80.5 Å². The summed E-state index contributed by atoms with van der Waals surface area (Å²) in [5, 5.41) is 3.75. The number of benzene rings is 2. The van der Waals surface area contributed by atoms with E-state index in [-0.39, 0.29) is 11.7 Å². The van der Waals surface area contributed by atoms with Gasteiger partial charge in [0, 0.05) is 18.5 Å². The molecule has 5 rings (SSSR count). The van der Waals surface area contributed by atoms with Gasteiger partial charge < -0.3 is 19.4 Å². The average Bonchev–Trinajstić information content (AvgIpc) is 3.18. The van der Waals surface area contributed by atoms with E-state index in [1.54, 1.807) is 19.2 Å². The summed E-state index contributed by atoms with van der Waals surface area (Å²) in [5.41, 5.74) is 2.60. The second-order valence-corrected chi connectivity index (χ2v) is 7.35. The lowest BCUT2D eigenvalue weighted by atomic mass is 10.1. The lowest BCUT2D eigenvalue weighted by Gasteiger charge is -2.27. The van der Waals surface area contributed by atoms with Crippen molar-refractivity contribution in [2.24, 2.45) is 0 Å². The molecule has 0 atom stereocenters. The fourth-order valence-corrected chi connectivity index (χ4v) is 3.92. The molecule has 7 heteroatoms. The maximum atomic E-state index is 13.1. The Labute approximate surface area is 173 Å². The summed E-state index contributed by atoms with van der Waals surface area (Å²) >= 11 is 0. The van der Waals surface area contributed by atoms with Crippen LogP contribution in [0.3, 0.4) is 0 Å². The lowest BCUT2D eigenvalue weighted by molar-refractivity contribution is 0.101. The van der Waals surface area contributed by atoms with E-state index >= 15 is 0 Å². The van der Waals surface area contributed by atoms with Gasteiger partial charge in [-0.3, -0.25) is 4.79 Å². The van der Waals surface area contributed by atoms with Crippen molar-refractivity contribution in [2.45, 2.75) is 19.3 Å². The van der Waals surface area contributed by atoms with Crippen LogP contribution in [-0.2, 0) is 0 Å². The number of amides is 1. The van der Waals surface area contributed by atoms with Gasteiger partial charge in [0.15, 0.2) is 11.4 Å². The van der Waals surface area contributed by atoms with Gasteiger partial charge in [-0.05, 0) is 43.5 Å². The second kappa shape index (κ2) is 7.67. The maximum Gasteiger partial charge on any atom is 0.293 e. The minimum Gasteiger partial charge on any atom is -0.495 e. The Morgan fingerprint density at radius 1 is 1.03 bits per heavy atom. The number of piperidine rings is 1. The van der Waals surface area contributed by atoms with E-state index in [2.05, 4.69) is 20.2 Å². The Bertz CT molecular complexity index is 1230. The summed E-state index contributed by atoms with van der Waals surface area (Å²) in [7, 11) is 1.57. The third kappa shape index (κ3) is 3.22. The van der Waals surface area contributed by atoms with E-state index in [9.17, 15) is 4.79 Å². The van der Waals surface area contributed by atoms with Crippen LogP contribution in [0.4, 0.5) is 11.5 Å². The quantitative estimate of drug-likeness (QED) is 0.536. The van der Waals surface area contributed by atoms with E-state index in [0.29, 0.717) is 28.4 Å². The number of para-hydroxylation sites is 3. The molecule has 1 aliphatic heterocycles. The van der Waals surface area contributed by atoms with Gasteiger partial charge in [-0.1, -0.05) is 24.3 Å². The van der Waals surface area contributed by atoms with Crippen LogP contribution in [0.15, 0.2) is 52.9 Å². The number of aromatic nitrogens is 2. The zero-order valence-corrected chi connectivity index (χ0v) is 16.7. The minimum absolute atomic E-state index is 0.112. The summed E-state index contributed by atoms with van der Waals surface area (Å²) in [6.07, 6.45) is 3.38. The smallest absolute Gasteiger partial charge is 0.293 e. The summed E-state index contributed by atoms with van der Waals surface area (Å²) in [5.74, 6) is 0.989. The van der Waals surface area contributed by atoms with Crippen molar-refractivity contribution in [3.8, 4) is 5.75 Å². The molecule has 0 bridgehead atoms. The lowest BCUT2D eigenvalue weighted by Crippen LogP contribution is -2.31. The van der Waals surface area contributed by atoms with Crippen LogP contribution in [0.1, 0.15) is 29.9 Å². The van der Waals surface area contributed by atoms with E-state index in [0.717, 1.165) is 36.9 Å². The molecule has 3 heterocycles. The Morgan fingerprint density at radius 2 is 1.80 bits per heavy atom. The van der Waals surface area contributed by atoms with Crippen LogP contribution in [0, 0.1) is 0 Å². The third-order valence-corrected chi connectivity index (χ3v) is 5.42. The van der Waals surface area contributed by atoms with Crippen molar-refractivity contribution in [3.05, 3.63) is 54.4 Å². The molecular weight excluding hydrogens is 380 g/mol. The zero-order valence-electron chi connectivity index (χ0n) is 16.7. The van der Waals surface area contributed by atoms with Crippen LogP contribution >= 0.6 is 0 Å². The number of nitrogens with zero attached hydrogens (tertiary/aromatic N) is 3. The van der Waals surface area contributed by atoms with Gasteiger partial charge in [-0.25, -0.2) is 9.97 Å². The van der Waals surface area contributed by atoms with Crippen molar-refractivity contribution in [3.63, 3.8) is 0 Å². The van der Waals surface area contributed by atoms with Crippen LogP contribution < -0.4 is 15.0 Å². The molecule has 1 N–H and O–H groups in total. The Kier molecular flexibility index (Phi) is 4.71. The zero-order chi connectivity index (χ0) is 20.5. The number of ether oxygens (including phenoxy) is 1. The molecule has 0 spiro atoms. The maximum absolute atomic E-state index is 13.1. The molecule has 152 valence electrons. The summed E-state index contributed by atoms with van der Waals surface area (Å²) < 4.78 is 11.4. The first kappa shape index (κ1) is 18.4. The number of fused-ring (bicyclic) bond motifs is 3. The number of methoxy groups -OCH3 is 1. The number of anilines is 2. The molecule has 0 saturated carbocycles. The van der Waals surface area contributed by atoms with Gasteiger partial charge in [-0.15, -0.1) is 0 Å². The molecule has 2 aromatic heterocycles. The monoisotopic (exact) mass is 402 g/mol. The Hall–Kier alpha value is -3.61. The third-order valence-electron chi connectivity index (χ3n) is 5.42. The predicted octanol–water partition coefficient (Wildman–Crippen LogP) is 4.63. The van der Waals surface area contributed by atoms with E-state index in [4.69, 9.17) is 9.15 Å². The number of rotatable bonds is 4. The first-order valence-corrected chi connectivity index (χ1v) is 10.1. The van der Waals surface area contributed by atoms with Crippen LogP contribution in [0.25, 0.3) is 22.1 Å². The van der Waals surface area contributed by atoms with E-state index < -0.39 is 0 Å². The van der Waals surface area contributed by atoms with Crippen molar-refractivity contribution in [2.75, 3.05) is 30.4 Å². The molecule has 0 radical (unpaired) electrons. The molecule has 4 aromatic rings. The summed E-state index contributed by atoms with van der Waals surface area (Å²) in [4.78, 5) is 24.5. The average molecular weight is 402 g/mol. The van der Waals surface area contributed by atoms with Crippen LogP contribution in [0.2, 0.25) is 0 Å². The molecule has 1 amide bonds. The predicted molar refractivity (Wildman–Crippen MR) is 116 cm³/mol. The molecule has 2 aromatic carbocycles. The van der Waals surface area contributed by atoms with Gasteiger partial charge in [-0.2, -0.15) is 0 Å². The highest BCUT2D eigenvalue weighted by Gasteiger charge is 2.24. The van der Waals surface area contributed by atoms with Crippen molar-refractivity contribution in [1.29, 1.82) is 0 Å². The highest BCUT2D eigenvalue weighted by Crippen LogP contribution is 2.34. The van der Waals surface area contributed by atoms with E-state index in [1.807, 2.05) is 36.4 Å². The molecule has 7 nitrogen and oxygen atoms in total. The molecule has 0 aliphatic carbocycles. The van der Waals surface area contributed by atoms with Crippen LogP contribution in [0.5, 0.6) is 5.75 Å². The summed E-state index contributed by atoms with van der Waals surface area (Å²) in [6.45, 7) is 1.77. The van der Waals surface area contributed by atoms with Crippen molar-refractivity contribution >= 4 is 39.5 Å². The van der Waals surface area contributed by atoms with Gasteiger partial charge in [0.1, 0.15) is 16.8 Å². The number of hydrogen-bond donors (Lipinski definition) is 1. The Balaban J connectivity index is 1.62. The first-order chi connectivity index (χ1) is 14.7. The van der Waals surface area contributed by atoms with Gasteiger partial charge in [0.2, 0.25) is 5.82 Å². The molecular formula is C23H22N4O3. The number of furan rings is 1. The highest BCUT2D eigenvalue weighted by atomic mass is 16.5. The fraction of sp³-hybridized carbons (Fsp3) is 0.261. The number of carbonyl (C=O) groups is 1. The van der Waals surface area contributed by atoms with E-state index in [1.165, 1.54) is 6.42 Å². The fourth-order valence-electron chi connectivity index (χ4n) is 3.92. The highest BCUT2D eigenvalue weighted by molar-refractivity contribution is 6.09. The molecule has 30 heavy (non-hydrogen) atoms. The van der Waals surface area contributed by atoms with Gasteiger partial charge in [0.05, 0.1) is 12.8 Å². The van der Waals surface area contributed by atoms with Gasteiger partial charge >= 0.3 is 0 Å². The first-order valence-electron chi connectivity index (χ1n) is 10.1. The standard InChI is InChI=1S/C23H22N4O3/c1-29-18-12-6-4-10-16(18)24-23(28)21-25-19-15-9-3-5-11-17(15)30-20(19)22(26-21)27-13-7-2-8-14-27/h3-6,9-12H,2,7-8,13-14H2,1H3,(H,24,28). The molecule has 1 saturated heterocycles. The number of nitrogens with one attached hydrogen (secondary N) is 1. The molecule has 1 aliphatic rings.